The lowest BCUT2D eigenvalue weighted by atomic mass is 10.1. The summed E-state index contributed by atoms with van der Waals surface area (Å²) >= 11 is 0. The minimum Gasteiger partial charge on any atom is -0.453 e. The van der Waals surface area contributed by atoms with E-state index in [1.165, 1.54) is 6.92 Å². The van der Waals surface area contributed by atoms with Gasteiger partial charge in [-0.25, -0.2) is 18.0 Å². The van der Waals surface area contributed by atoms with Crippen molar-refractivity contribution in [2.45, 2.75) is 51.0 Å². The predicted octanol–water partition coefficient (Wildman–Crippen LogP) is 3.49. The van der Waals surface area contributed by atoms with Crippen LogP contribution in [0.2, 0.25) is 0 Å². The molecule has 0 aliphatic rings. The lowest BCUT2D eigenvalue weighted by molar-refractivity contribution is -0.352. The van der Waals surface area contributed by atoms with Crippen LogP contribution in [0.3, 0.4) is 0 Å². The molecule has 0 aliphatic heterocycles. The van der Waals surface area contributed by atoms with Crippen molar-refractivity contribution in [2.75, 3.05) is 13.3 Å². The quantitative estimate of drug-likeness (QED) is 0.483. The summed E-state index contributed by atoms with van der Waals surface area (Å²) in [5, 5.41) is 7.39. The molecule has 0 bridgehead atoms. The first-order chi connectivity index (χ1) is 12.4. The van der Waals surface area contributed by atoms with Gasteiger partial charge >= 0.3 is 36.6 Å². The maximum Gasteiger partial charge on any atom is 0.454 e. The zero-order valence-electron chi connectivity index (χ0n) is 14.2. The second kappa shape index (κ2) is 11.3. The van der Waals surface area contributed by atoms with Gasteiger partial charge in [0.05, 0.1) is 5.92 Å². The van der Waals surface area contributed by atoms with Crippen LogP contribution >= 0.6 is 0 Å². The van der Waals surface area contributed by atoms with E-state index < -0.39 is 61.9 Å². The number of carbonyl (C=O) groups excluding carboxylic acids is 2. The van der Waals surface area contributed by atoms with Gasteiger partial charge in [0.25, 0.3) is 0 Å². The van der Waals surface area contributed by atoms with Crippen LogP contribution in [0.1, 0.15) is 20.3 Å². The van der Waals surface area contributed by atoms with Gasteiger partial charge in [0.2, 0.25) is 6.10 Å². The maximum absolute atomic E-state index is 12.0. The average molecular weight is 442 g/mol. The highest BCUT2D eigenvalue weighted by atomic mass is 19.4. The molecule has 1 N–H and O–H groups in total. The molecule has 0 aliphatic carbocycles. The smallest absolute Gasteiger partial charge is 0.453 e. The number of hydrogen-bond donors (Lipinski definition) is 1. The summed E-state index contributed by atoms with van der Waals surface area (Å²) in [4.78, 5) is 22.0. The van der Waals surface area contributed by atoms with Crippen molar-refractivity contribution in [1.82, 2.24) is 0 Å². The molecule has 28 heavy (non-hydrogen) atoms. The Hall–Kier alpha value is -1.80. The zero-order chi connectivity index (χ0) is 22.9. The Balaban J connectivity index is 0. The number of hydrogen-bond acceptors (Lipinski definition) is 5. The van der Waals surface area contributed by atoms with E-state index in [2.05, 4.69) is 9.47 Å². The third-order valence-corrected chi connectivity index (χ3v) is 2.81. The van der Waals surface area contributed by atoms with E-state index in [4.69, 9.17) is 5.11 Å². The number of rotatable bonds is 7. The first kappa shape index (κ1) is 28.4. The molecule has 0 aromatic rings. The minimum atomic E-state index is -5.94. The number of alkyl halides is 10. The number of ether oxygens (including phenoxy) is 2. The van der Waals surface area contributed by atoms with Crippen LogP contribution in [-0.4, -0.2) is 61.1 Å². The van der Waals surface area contributed by atoms with E-state index in [1.807, 2.05) is 0 Å². The van der Waals surface area contributed by atoms with Crippen molar-refractivity contribution in [3.05, 3.63) is 0 Å². The van der Waals surface area contributed by atoms with E-state index in [1.54, 1.807) is 6.92 Å². The Morgan fingerprint density at radius 2 is 1.50 bits per heavy atom. The average Bonchev–Trinajstić information content (AvgIpc) is 2.54. The van der Waals surface area contributed by atoms with Gasteiger partial charge in [-0.3, -0.25) is 4.79 Å². The molecule has 0 fully saturated rings. The molecule has 15 heteroatoms. The molecule has 0 aromatic carbocycles. The van der Waals surface area contributed by atoms with Gasteiger partial charge in [-0.1, -0.05) is 13.8 Å². The fourth-order valence-electron chi connectivity index (χ4n) is 0.941. The summed E-state index contributed by atoms with van der Waals surface area (Å²) in [6.07, 6.45) is -17.8. The SMILES string of the molecule is CCC(C)C(=O)OCC(=O)OC(CF)C(F)(F)F.OC(F)(C(F)F)C(F)(F)F. The topological polar surface area (TPSA) is 72.8 Å². The number of halogens is 10. The monoisotopic (exact) mass is 442 g/mol. The Bertz CT molecular complexity index is 489. The van der Waals surface area contributed by atoms with Gasteiger partial charge in [-0.15, -0.1) is 0 Å². The van der Waals surface area contributed by atoms with Gasteiger partial charge in [0.1, 0.15) is 6.67 Å². The van der Waals surface area contributed by atoms with Gasteiger partial charge in [-0.05, 0) is 6.42 Å². The van der Waals surface area contributed by atoms with Crippen molar-refractivity contribution < 1.29 is 68.1 Å². The normalized spacial score (nSPS) is 16.4. The minimum absolute atomic E-state index is 0.462. The molecular formula is C13H16F10O5. The van der Waals surface area contributed by atoms with Crippen LogP contribution in [0.5, 0.6) is 0 Å². The molecule has 0 aromatic heterocycles. The third kappa shape index (κ3) is 9.94. The van der Waals surface area contributed by atoms with E-state index >= 15 is 0 Å². The molecule has 0 spiro atoms. The standard InChI is InChI=1S/C10H14F4O4.C3H2F6O/c1-3-6(2)9(16)17-5-8(15)18-7(4-11)10(12,13)14;4-1(5)2(6,10)3(7,8)9/h6-7H,3-5H2,1-2H3;1,10H. The van der Waals surface area contributed by atoms with Crippen molar-refractivity contribution >= 4 is 11.9 Å². The Morgan fingerprint density at radius 1 is 1.04 bits per heavy atom. The second-order valence-corrected chi connectivity index (χ2v) is 5.06. The number of carbonyl (C=O) groups is 2. The Labute approximate surface area is 151 Å². The van der Waals surface area contributed by atoms with Crippen molar-refractivity contribution in [2.24, 2.45) is 5.92 Å². The molecule has 0 amide bonds. The molecular weight excluding hydrogens is 426 g/mol. The summed E-state index contributed by atoms with van der Waals surface area (Å²) < 4.78 is 123. The van der Waals surface area contributed by atoms with E-state index in [9.17, 15) is 53.5 Å². The van der Waals surface area contributed by atoms with Gasteiger partial charge < -0.3 is 14.6 Å². The molecule has 3 unspecified atom stereocenters. The molecule has 168 valence electrons. The molecule has 0 radical (unpaired) electrons. The van der Waals surface area contributed by atoms with Crippen molar-refractivity contribution in [3.63, 3.8) is 0 Å². The van der Waals surface area contributed by atoms with Crippen LogP contribution < -0.4 is 0 Å². The Kier molecular flexibility index (Phi) is 11.4. The maximum atomic E-state index is 12.0. The van der Waals surface area contributed by atoms with E-state index in [-0.39, 0.29) is 0 Å². The van der Waals surface area contributed by atoms with E-state index in [0.717, 1.165) is 0 Å². The summed E-state index contributed by atoms with van der Waals surface area (Å²) in [7, 11) is 0. The van der Waals surface area contributed by atoms with Crippen molar-refractivity contribution in [3.8, 4) is 0 Å². The van der Waals surface area contributed by atoms with Gasteiger partial charge in [0.15, 0.2) is 6.61 Å². The lowest BCUT2D eigenvalue weighted by Gasteiger charge is -2.20. The summed E-state index contributed by atoms with van der Waals surface area (Å²) in [5.74, 6) is -8.03. The highest BCUT2D eigenvalue weighted by molar-refractivity contribution is 5.77. The number of esters is 2. The van der Waals surface area contributed by atoms with Crippen LogP contribution in [0.4, 0.5) is 43.9 Å². The number of aliphatic hydroxyl groups is 1. The van der Waals surface area contributed by atoms with Gasteiger partial charge in [-0.2, -0.15) is 30.7 Å². The third-order valence-electron chi connectivity index (χ3n) is 2.81. The largest absolute Gasteiger partial charge is 0.454 e. The van der Waals surface area contributed by atoms with Crippen LogP contribution in [0.25, 0.3) is 0 Å². The first-order valence-electron chi connectivity index (χ1n) is 7.16. The predicted molar refractivity (Wildman–Crippen MR) is 70.4 cm³/mol. The molecule has 0 rings (SSSR count). The first-order valence-corrected chi connectivity index (χ1v) is 7.16. The van der Waals surface area contributed by atoms with Crippen LogP contribution in [-0.2, 0) is 19.1 Å². The molecule has 3 atom stereocenters. The second-order valence-electron chi connectivity index (χ2n) is 5.06. The van der Waals surface area contributed by atoms with Crippen LogP contribution in [0.15, 0.2) is 0 Å². The Morgan fingerprint density at radius 3 is 1.75 bits per heavy atom. The van der Waals surface area contributed by atoms with Gasteiger partial charge in [0, 0.05) is 0 Å². The van der Waals surface area contributed by atoms with Crippen molar-refractivity contribution in [1.29, 1.82) is 0 Å². The van der Waals surface area contributed by atoms with Crippen LogP contribution in [0, 0.1) is 5.92 Å². The molecule has 0 saturated carbocycles. The lowest BCUT2D eigenvalue weighted by Crippen LogP contribution is -2.47. The fourth-order valence-corrected chi connectivity index (χ4v) is 0.941. The molecule has 0 saturated heterocycles. The summed E-state index contributed by atoms with van der Waals surface area (Å²) in [6, 6.07) is 0. The summed E-state index contributed by atoms with van der Waals surface area (Å²) in [5.41, 5.74) is 0. The molecule has 5 nitrogen and oxygen atoms in total. The van der Waals surface area contributed by atoms with E-state index in [0.29, 0.717) is 6.42 Å². The summed E-state index contributed by atoms with van der Waals surface area (Å²) in [6.45, 7) is 0.394. The zero-order valence-corrected chi connectivity index (χ0v) is 14.2. The highest BCUT2D eigenvalue weighted by Gasteiger charge is 2.62. The highest BCUT2D eigenvalue weighted by Crippen LogP contribution is 2.36. The fraction of sp³-hybridized carbons (Fsp3) is 0.846. The molecule has 0 heterocycles.